The Bertz CT molecular complexity index is 445. The van der Waals surface area contributed by atoms with E-state index in [1.54, 1.807) is 4.90 Å². The van der Waals surface area contributed by atoms with Crippen LogP contribution in [0, 0.1) is 5.92 Å². The van der Waals surface area contributed by atoms with Gasteiger partial charge < -0.3 is 10.6 Å². The van der Waals surface area contributed by atoms with Gasteiger partial charge in [-0.1, -0.05) is 31.5 Å². The van der Waals surface area contributed by atoms with Crippen molar-refractivity contribution in [3.05, 3.63) is 28.8 Å². The molecular weight excluding hydrogens is 236 g/mol. The summed E-state index contributed by atoms with van der Waals surface area (Å²) in [6.45, 7) is 4.62. The topological polar surface area (TPSA) is 46.3 Å². The van der Waals surface area contributed by atoms with Crippen LogP contribution in [0.4, 0.5) is 5.69 Å². The monoisotopic (exact) mass is 252 g/mol. The SMILES string of the molecule is CC(C)[C@H](N)C(=O)N1CCc2ccc(Cl)cc21. The fourth-order valence-corrected chi connectivity index (χ4v) is 2.21. The zero-order chi connectivity index (χ0) is 12.6. The average Bonchev–Trinajstić information content (AvgIpc) is 2.69. The number of hydrogen-bond acceptors (Lipinski definition) is 2. The third-order valence-electron chi connectivity index (χ3n) is 3.21. The second kappa shape index (κ2) is 4.67. The van der Waals surface area contributed by atoms with Gasteiger partial charge in [-0.25, -0.2) is 0 Å². The molecule has 17 heavy (non-hydrogen) atoms. The molecule has 0 spiro atoms. The quantitative estimate of drug-likeness (QED) is 0.877. The summed E-state index contributed by atoms with van der Waals surface area (Å²) in [5.41, 5.74) is 7.99. The van der Waals surface area contributed by atoms with Crippen molar-refractivity contribution in [3.8, 4) is 0 Å². The number of rotatable bonds is 2. The van der Waals surface area contributed by atoms with Gasteiger partial charge in [0.2, 0.25) is 5.91 Å². The number of carbonyl (C=O) groups excluding carboxylic acids is 1. The molecule has 1 aromatic rings. The molecule has 92 valence electrons. The summed E-state index contributed by atoms with van der Waals surface area (Å²) in [5, 5.41) is 0.654. The van der Waals surface area contributed by atoms with Gasteiger partial charge in [0.05, 0.1) is 6.04 Å². The molecule has 2 N–H and O–H groups in total. The zero-order valence-corrected chi connectivity index (χ0v) is 10.9. The summed E-state index contributed by atoms with van der Waals surface area (Å²) >= 11 is 5.97. The maximum Gasteiger partial charge on any atom is 0.244 e. The van der Waals surface area contributed by atoms with Crippen LogP contribution in [0.25, 0.3) is 0 Å². The van der Waals surface area contributed by atoms with E-state index in [0.29, 0.717) is 11.6 Å². The predicted octanol–water partition coefficient (Wildman–Crippen LogP) is 2.21. The smallest absolute Gasteiger partial charge is 0.244 e. The van der Waals surface area contributed by atoms with E-state index in [-0.39, 0.29) is 11.8 Å². The van der Waals surface area contributed by atoms with Gasteiger partial charge >= 0.3 is 0 Å². The lowest BCUT2D eigenvalue weighted by molar-refractivity contribution is -0.120. The molecule has 1 amide bonds. The molecule has 1 aliphatic rings. The van der Waals surface area contributed by atoms with E-state index in [1.165, 1.54) is 5.56 Å². The molecule has 1 atom stereocenters. The number of benzene rings is 1. The number of anilines is 1. The van der Waals surface area contributed by atoms with E-state index in [9.17, 15) is 4.79 Å². The van der Waals surface area contributed by atoms with Crippen molar-refractivity contribution in [3.63, 3.8) is 0 Å². The van der Waals surface area contributed by atoms with Gasteiger partial charge in [-0.15, -0.1) is 0 Å². The Morgan fingerprint density at radius 3 is 2.82 bits per heavy atom. The van der Waals surface area contributed by atoms with E-state index in [0.717, 1.165) is 12.1 Å². The first-order valence-electron chi connectivity index (χ1n) is 5.86. The largest absolute Gasteiger partial charge is 0.320 e. The highest BCUT2D eigenvalue weighted by Gasteiger charge is 2.29. The summed E-state index contributed by atoms with van der Waals surface area (Å²) in [4.78, 5) is 14.0. The highest BCUT2D eigenvalue weighted by Crippen LogP contribution is 2.31. The molecule has 1 aromatic carbocycles. The maximum atomic E-state index is 12.2. The standard InChI is InChI=1S/C13H17ClN2O/c1-8(2)12(15)13(17)16-6-5-9-3-4-10(14)7-11(9)16/h3-4,7-8,12H,5-6,15H2,1-2H3/t12-/m0/s1. The molecule has 0 aromatic heterocycles. The van der Waals surface area contributed by atoms with Gasteiger partial charge in [0.1, 0.15) is 0 Å². The first-order chi connectivity index (χ1) is 8.00. The Morgan fingerprint density at radius 2 is 2.18 bits per heavy atom. The van der Waals surface area contributed by atoms with Crippen LogP contribution in [0.1, 0.15) is 19.4 Å². The molecule has 0 bridgehead atoms. The molecule has 0 aliphatic carbocycles. The summed E-state index contributed by atoms with van der Waals surface area (Å²) in [7, 11) is 0. The van der Waals surface area contributed by atoms with Crippen molar-refractivity contribution in [1.82, 2.24) is 0 Å². The number of fused-ring (bicyclic) bond motifs is 1. The van der Waals surface area contributed by atoms with Gasteiger partial charge in [0.25, 0.3) is 0 Å². The van der Waals surface area contributed by atoms with Crippen LogP contribution in [0.15, 0.2) is 18.2 Å². The summed E-state index contributed by atoms with van der Waals surface area (Å²) in [6, 6.07) is 5.23. The van der Waals surface area contributed by atoms with Crippen LogP contribution in [0.3, 0.4) is 0 Å². The van der Waals surface area contributed by atoms with E-state index >= 15 is 0 Å². The second-order valence-electron chi connectivity index (χ2n) is 4.78. The van der Waals surface area contributed by atoms with Crippen LogP contribution in [0.2, 0.25) is 5.02 Å². The Morgan fingerprint density at radius 1 is 1.47 bits per heavy atom. The molecule has 1 aliphatic heterocycles. The molecule has 0 radical (unpaired) electrons. The minimum Gasteiger partial charge on any atom is -0.320 e. The molecule has 1 heterocycles. The fraction of sp³-hybridized carbons (Fsp3) is 0.462. The Kier molecular flexibility index (Phi) is 3.40. The first-order valence-corrected chi connectivity index (χ1v) is 6.24. The third kappa shape index (κ3) is 2.31. The van der Waals surface area contributed by atoms with Gasteiger partial charge in [-0.05, 0) is 30.0 Å². The normalized spacial score (nSPS) is 16.2. The Balaban J connectivity index is 2.27. The third-order valence-corrected chi connectivity index (χ3v) is 3.45. The van der Waals surface area contributed by atoms with Crippen LogP contribution >= 0.6 is 11.6 Å². The molecule has 3 nitrogen and oxygen atoms in total. The second-order valence-corrected chi connectivity index (χ2v) is 5.22. The highest BCUT2D eigenvalue weighted by atomic mass is 35.5. The van der Waals surface area contributed by atoms with Gasteiger partial charge in [-0.2, -0.15) is 0 Å². The summed E-state index contributed by atoms with van der Waals surface area (Å²) in [6.07, 6.45) is 0.878. The number of halogens is 1. The van der Waals surface area contributed by atoms with E-state index < -0.39 is 6.04 Å². The van der Waals surface area contributed by atoms with Crippen LogP contribution in [0.5, 0.6) is 0 Å². The van der Waals surface area contributed by atoms with Crippen molar-refractivity contribution in [2.24, 2.45) is 11.7 Å². The summed E-state index contributed by atoms with van der Waals surface area (Å²) in [5.74, 6) is 0.131. The van der Waals surface area contributed by atoms with Crippen molar-refractivity contribution >= 4 is 23.2 Å². The minimum absolute atomic E-state index is 0.0129. The molecule has 0 saturated carbocycles. The average molecular weight is 253 g/mol. The summed E-state index contributed by atoms with van der Waals surface area (Å²) < 4.78 is 0. The van der Waals surface area contributed by atoms with Gasteiger partial charge in [-0.3, -0.25) is 4.79 Å². The predicted molar refractivity (Wildman–Crippen MR) is 70.3 cm³/mol. The van der Waals surface area contributed by atoms with E-state index in [2.05, 4.69) is 0 Å². The number of nitrogens with zero attached hydrogens (tertiary/aromatic N) is 1. The van der Waals surface area contributed by atoms with Crippen molar-refractivity contribution in [1.29, 1.82) is 0 Å². The van der Waals surface area contributed by atoms with Crippen molar-refractivity contribution in [2.45, 2.75) is 26.3 Å². The number of amides is 1. The number of nitrogens with two attached hydrogens (primary N) is 1. The molecule has 0 fully saturated rings. The van der Waals surface area contributed by atoms with Crippen LogP contribution < -0.4 is 10.6 Å². The molecule has 0 saturated heterocycles. The first kappa shape index (κ1) is 12.4. The lowest BCUT2D eigenvalue weighted by Crippen LogP contribution is -2.46. The molecule has 2 rings (SSSR count). The van der Waals surface area contributed by atoms with Crippen LogP contribution in [-0.2, 0) is 11.2 Å². The highest BCUT2D eigenvalue weighted by molar-refractivity contribution is 6.31. The van der Waals surface area contributed by atoms with Gasteiger partial charge in [0, 0.05) is 17.3 Å². The zero-order valence-electron chi connectivity index (χ0n) is 10.1. The lowest BCUT2D eigenvalue weighted by atomic mass is 10.0. The van der Waals surface area contributed by atoms with Gasteiger partial charge in [0.15, 0.2) is 0 Å². The minimum atomic E-state index is -0.445. The van der Waals surface area contributed by atoms with Crippen molar-refractivity contribution in [2.75, 3.05) is 11.4 Å². The molecule has 4 heteroatoms. The molecular formula is C13H17ClN2O. The van der Waals surface area contributed by atoms with E-state index in [1.807, 2.05) is 32.0 Å². The number of hydrogen-bond donors (Lipinski definition) is 1. The maximum absolute atomic E-state index is 12.2. The van der Waals surface area contributed by atoms with Crippen LogP contribution in [-0.4, -0.2) is 18.5 Å². The van der Waals surface area contributed by atoms with E-state index in [4.69, 9.17) is 17.3 Å². The lowest BCUT2D eigenvalue weighted by Gasteiger charge is -2.23. The number of carbonyl (C=O) groups is 1. The fourth-order valence-electron chi connectivity index (χ4n) is 2.05. The Labute approximate surface area is 107 Å². The van der Waals surface area contributed by atoms with Crippen molar-refractivity contribution < 1.29 is 4.79 Å². The Hall–Kier alpha value is -1.06. The molecule has 0 unspecified atom stereocenters.